The van der Waals surface area contributed by atoms with E-state index in [1.54, 1.807) is 4.90 Å². The Labute approximate surface area is 436 Å². The Kier molecular flexibility index (Phi) is 36.9. The smallest absolute Gasteiger partial charge is 0.346 e. The molecule has 1 aromatic carbocycles. The lowest BCUT2D eigenvalue weighted by molar-refractivity contribution is -0.929. The van der Waals surface area contributed by atoms with Crippen molar-refractivity contribution in [3.8, 4) is 0 Å². The van der Waals surface area contributed by atoms with Crippen LogP contribution in [0.25, 0.3) is 0 Å². The van der Waals surface area contributed by atoms with Crippen molar-refractivity contribution in [2.24, 2.45) is 0 Å². The van der Waals surface area contributed by atoms with Crippen molar-refractivity contribution in [1.29, 1.82) is 0 Å². The summed E-state index contributed by atoms with van der Waals surface area (Å²) in [5, 5.41) is 1.95. The highest BCUT2D eigenvalue weighted by Gasteiger charge is 2.49. The molecule has 2 N–H and O–H groups in total. The number of benzene rings is 1. The van der Waals surface area contributed by atoms with E-state index in [1.807, 2.05) is 58.0 Å². The van der Waals surface area contributed by atoms with Crippen LogP contribution >= 0.6 is 0 Å². The lowest BCUT2D eigenvalue weighted by Gasteiger charge is -2.39. The predicted octanol–water partition coefficient (Wildman–Crippen LogP) is 8.96. The number of nitrogens with zero attached hydrogens (tertiary/aromatic N) is 6. The minimum atomic E-state index is -5.03. The Morgan fingerprint density at radius 2 is 1.03 bits per heavy atom. The Bertz CT molecular complexity index is 1670. The maximum absolute atomic E-state index is 12.6. The summed E-state index contributed by atoms with van der Waals surface area (Å²) in [4.78, 5) is 69.6. The molecule has 4 saturated heterocycles. The number of quaternary nitrogens is 1. The molecular weight excluding hydrogens is 945 g/mol. The van der Waals surface area contributed by atoms with E-state index in [0.29, 0.717) is 50.7 Å². The summed E-state index contributed by atoms with van der Waals surface area (Å²) in [7, 11) is -5.03. The molecule has 4 heterocycles. The number of amides is 6. The van der Waals surface area contributed by atoms with E-state index in [9.17, 15) is 32.1 Å². The number of unbranched alkanes of at least 4 members (excludes halogenated alkanes) is 4. The number of hydrogen-bond acceptors (Lipinski definition) is 12. The van der Waals surface area contributed by atoms with Crippen LogP contribution in [0, 0.1) is 0 Å². The van der Waals surface area contributed by atoms with Gasteiger partial charge in [0, 0.05) is 13.1 Å². The maximum atomic E-state index is 12.6. The molecule has 420 valence electrons. The van der Waals surface area contributed by atoms with Gasteiger partial charge in [0.15, 0.2) is 0 Å². The number of piperidine rings is 2. The van der Waals surface area contributed by atoms with Gasteiger partial charge in [-0.25, -0.2) is 29.0 Å². The molecule has 0 aromatic heterocycles. The van der Waals surface area contributed by atoms with Crippen molar-refractivity contribution >= 4 is 34.3 Å². The maximum Gasteiger partial charge on any atom is 0.346 e. The van der Waals surface area contributed by atoms with Crippen molar-refractivity contribution in [1.82, 2.24) is 35.8 Å². The van der Waals surface area contributed by atoms with Gasteiger partial charge in [-0.05, 0) is 89.4 Å². The quantitative estimate of drug-likeness (QED) is 0.0266. The average molecular weight is 1050 g/mol. The molecule has 4 bridgehead atoms. The van der Waals surface area contributed by atoms with Crippen LogP contribution in [0.4, 0.5) is 9.59 Å². The van der Waals surface area contributed by atoms with E-state index in [4.69, 9.17) is 14.5 Å². The first-order valence-electron chi connectivity index (χ1n) is 27.1. The molecule has 5 rings (SSSR count). The second-order valence-electron chi connectivity index (χ2n) is 18.2. The van der Waals surface area contributed by atoms with Gasteiger partial charge in [0.25, 0.3) is 11.8 Å². The zero-order chi connectivity index (χ0) is 53.2. The van der Waals surface area contributed by atoms with Gasteiger partial charge in [-0.3, -0.25) is 24.1 Å². The number of hydrogen-bond donors (Lipinski definition) is 2. The molecule has 4 aliphatic heterocycles. The zero-order valence-corrected chi connectivity index (χ0v) is 46.5. The summed E-state index contributed by atoms with van der Waals surface area (Å²) < 4.78 is 37.4. The first kappa shape index (κ1) is 68.4. The zero-order valence-electron chi connectivity index (χ0n) is 45.7. The van der Waals surface area contributed by atoms with Crippen LogP contribution in [0.15, 0.2) is 30.3 Å². The number of nitrogens with one attached hydrogen (secondary N) is 2. The van der Waals surface area contributed by atoms with Crippen LogP contribution in [0.3, 0.4) is 0 Å². The summed E-state index contributed by atoms with van der Waals surface area (Å²) >= 11 is 0. The molecule has 4 fully saturated rings. The lowest BCUT2D eigenvalue weighted by Crippen LogP contribution is -2.50. The highest BCUT2D eigenvalue weighted by Crippen LogP contribution is 2.32. The third-order valence-corrected chi connectivity index (χ3v) is 13.2. The summed E-state index contributed by atoms with van der Waals surface area (Å²) in [6.07, 6.45) is 14.6. The molecule has 19 nitrogen and oxygen atoms in total. The molecular formula is C52H100N8O11S. The Morgan fingerprint density at radius 1 is 0.639 bits per heavy atom. The van der Waals surface area contributed by atoms with Gasteiger partial charge in [-0.2, -0.15) is 14.4 Å². The second-order valence-corrected chi connectivity index (χ2v) is 19.1. The van der Waals surface area contributed by atoms with Crippen LogP contribution < -0.4 is 11.0 Å². The Hall–Kier alpha value is -3.63. The van der Waals surface area contributed by atoms with E-state index in [0.717, 1.165) is 24.8 Å². The van der Waals surface area contributed by atoms with Gasteiger partial charge in [-0.15, -0.1) is 0 Å². The van der Waals surface area contributed by atoms with Gasteiger partial charge >= 0.3 is 12.1 Å². The molecule has 72 heavy (non-hydrogen) atoms. The van der Waals surface area contributed by atoms with E-state index in [-0.39, 0.29) is 32.0 Å². The van der Waals surface area contributed by atoms with Crippen LogP contribution in [0.5, 0.6) is 0 Å². The molecule has 0 radical (unpaired) electrons. The minimum Gasteiger partial charge on any atom is -0.724 e. The molecule has 20 heteroatoms. The normalized spacial score (nSPS) is 18.9. The van der Waals surface area contributed by atoms with Gasteiger partial charge in [-0.1, -0.05) is 140 Å². The monoisotopic (exact) mass is 1040 g/mol. The van der Waals surface area contributed by atoms with Gasteiger partial charge in [0.05, 0.1) is 51.5 Å². The van der Waals surface area contributed by atoms with Gasteiger partial charge < -0.3 is 23.7 Å². The summed E-state index contributed by atoms with van der Waals surface area (Å²) in [5.41, 5.74) is 5.69. The highest BCUT2D eigenvalue weighted by atomic mass is 32.3. The predicted molar refractivity (Wildman–Crippen MR) is 283 cm³/mol. The third-order valence-electron chi connectivity index (χ3n) is 12.9. The largest absolute Gasteiger partial charge is 0.724 e. The van der Waals surface area contributed by atoms with Crippen LogP contribution in [0.2, 0.25) is 0 Å². The van der Waals surface area contributed by atoms with Gasteiger partial charge in [0.1, 0.15) is 18.7 Å². The molecule has 0 saturated carbocycles. The van der Waals surface area contributed by atoms with Crippen molar-refractivity contribution in [2.75, 3.05) is 72.1 Å². The summed E-state index contributed by atoms with van der Waals surface area (Å²) in [6.45, 7) is 34.8. The number of urea groups is 2. The van der Waals surface area contributed by atoms with Crippen molar-refractivity contribution in [2.45, 2.75) is 204 Å². The molecule has 6 amide bonds. The van der Waals surface area contributed by atoms with Crippen molar-refractivity contribution < 1.29 is 55.4 Å². The standard InChI is InChI=1S/C17H23N3O4.C16H36N.C10H17N3O7S.C6H15N.C2H6.CH4/c1-2-10-23-18-16(21)15-9-8-14-11-19(15)17(22)20(14)24-12-13-6-4-3-5-7-13;1-5-9-13-17(14-10-6-2,15-11-7-3)16-12-8-4;1-2-5-19-11-9(14)8-4-3-7-6-12(8)10(15)13(7)20-21(16,17)18;1-4-7(5-2)6-3;1-2;/h3-7,14-15H,2,8-12H2,1H3,(H,18,21);5-16H2,1-4H3;7-8H,2-6H2,1H3,(H,11,14)(H,16,17,18);4-6H2,1-3H3;1-2H3;1H4/q;+1;;;;/p-1/t14-,15+;;7-,8+;;;/m1.1.../s1. The summed E-state index contributed by atoms with van der Waals surface area (Å²) in [6, 6.07) is 6.84. The van der Waals surface area contributed by atoms with Crippen molar-refractivity contribution in [3.05, 3.63) is 35.9 Å². The summed E-state index contributed by atoms with van der Waals surface area (Å²) in [5.74, 6) is -0.748. The molecule has 1 aromatic rings. The fraction of sp³-hybridized carbons (Fsp3) is 0.808. The number of rotatable bonds is 28. The number of hydroxylamine groups is 6. The fourth-order valence-corrected chi connectivity index (χ4v) is 9.17. The first-order chi connectivity index (χ1) is 34.1. The van der Waals surface area contributed by atoms with E-state index < -0.39 is 40.5 Å². The molecule has 4 aliphatic rings. The molecule has 0 unspecified atom stereocenters. The van der Waals surface area contributed by atoms with E-state index >= 15 is 0 Å². The fourth-order valence-electron chi connectivity index (χ4n) is 8.79. The average Bonchev–Trinajstić information content (AvgIpc) is 3.75. The number of carbonyl (C=O) groups excluding carboxylic acids is 4. The minimum absolute atomic E-state index is 0. The Balaban J connectivity index is 0.000000973. The first-order valence-corrected chi connectivity index (χ1v) is 28.4. The van der Waals surface area contributed by atoms with Crippen LogP contribution in [-0.4, -0.2) is 162 Å². The van der Waals surface area contributed by atoms with E-state index in [2.05, 4.69) is 68.6 Å². The molecule has 0 spiro atoms. The van der Waals surface area contributed by atoms with Gasteiger partial charge in [0.2, 0.25) is 10.4 Å². The van der Waals surface area contributed by atoms with Crippen LogP contribution in [0.1, 0.15) is 179 Å². The topological polar surface area (TPSA) is 203 Å². The molecule has 0 aliphatic carbocycles. The highest BCUT2D eigenvalue weighted by molar-refractivity contribution is 7.80. The lowest BCUT2D eigenvalue weighted by atomic mass is 10.0. The van der Waals surface area contributed by atoms with E-state index in [1.165, 1.54) is 112 Å². The Morgan fingerprint density at radius 3 is 1.38 bits per heavy atom. The van der Waals surface area contributed by atoms with Crippen LogP contribution in [-0.2, 0) is 45.4 Å². The number of carbonyl (C=O) groups is 4. The van der Waals surface area contributed by atoms with Crippen molar-refractivity contribution in [3.63, 3.8) is 0 Å². The molecule has 4 atom stereocenters. The third kappa shape index (κ3) is 24.1. The second kappa shape index (κ2) is 38.9. The SMILES string of the molecule is C.CC.CCCC[N+](CCCC)(CCCC)CCCC.CCCONC(=O)[C@@H]1CC[C@@H]2CN1C(=O)N2OCc1ccccc1.CCCONC(=O)[C@@H]1CC[C@@H]2CN1C(=O)N2OS(=O)(=O)[O-].CCN(CC)CC. The number of fused-ring (bicyclic) bond motifs is 4.